The van der Waals surface area contributed by atoms with E-state index in [0.29, 0.717) is 16.4 Å². The summed E-state index contributed by atoms with van der Waals surface area (Å²) >= 11 is 1.27. The Morgan fingerprint density at radius 3 is 2.12 bits per heavy atom. The van der Waals surface area contributed by atoms with E-state index in [4.69, 9.17) is 0 Å². The van der Waals surface area contributed by atoms with E-state index in [0.717, 1.165) is 16.8 Å². The van der Waals surface area contributed by atoms with Gasteiger partial charge in [0, 0.05) is 25.9 Å². The van der Waals surface area contributed by atoms with Gasteiger partial charge < -0.3 is 4.90 Å². The van der Waals surface area contributed by atoms with Crippen LogP contribution in [0.3, 0.4) is 0 Å². The molecule has 0 saturated heterocycles. The minimum Gasteiger partial charge on any atom is -0.382 e. The number of carbonyl (C=O) groups is 2. The molecular formula is C26H23N3O2S. The molecule has 1 amide bonds. The van der Waals surface area contributed by atoms with Crippen molar-refractivity contribution in [1.29, 1.82) is 0 Å². The summed E-state index contributed by atoms with van der Waals surface area (Å²) in [6.07, 6.45) is 1.69. The van der Waals surface area contributed by atoms with Crippen molar-refractivity contribution in [2.45, 2.75) is 0 Å². The van der Waals surface area contributed by atoms with Gasteiger partial charge in [-0.15, -0.1) is 0 Å². The third kappa shape index (κ3) is 4.81. The Balaban J connectivity index is 1.50. The molecule has 32 heavy (non-hydrogen) atoms. The molecule has 6 heteroatoms. The van der Waals surface area contributed by atoms with Gasteiger partial charge in [-0.25, -0.2) is 4.99 Å². The van der Waals surface area contributed by atoms with Crippen LogP contribution >= 0.6 is 11.8 Å². The number of amides is 1. The fourth-order valence-electron chi connectivity index (χ4n) is 3.33. The summed E-state index contributed by atoms with van der Waals surface area (Å²) in [5.74, 6) is -0.0232. The van der Waals surface area contributed by atoms with Crippen molar-refractivity contribution in [3.8, 4) is 11.1 Å². The van der Waals surface area contributed by atoms with Crippen LogP contribution in [0.5, 0.6) is 0 Å². The maximum absolute atomic E-state index is 13.0. The van der Waals surface area contributed by atoms with Crippen LogP contribution in [0.15, 0.2) is 102 Å². The van der Waals surface area contributed by atoms with Gasteiger partial charge in [-0.3, -0.25) is 14.5 Å². The van der Waals surface area contributed by atoms with Gasteiger partial charge in [0.1, 0.15) is 5.70 Å². The molecule has 3 aromatic rings. The first-order chi connectivity index (χ1) is 15.5. The maximum atomic E-state index is 13.0. The number of anilines is 1. The Labute approximate surface area is 192 Å². The standard InChI is InChI=1S/C26H23N3O2S/c1-28(2)17-23-25(31)29(22-11-7-4-8-12-22)26(27-23)32-18-24(30)21-15-13-20(14-16-21)19-9-5-3-6-10-19/h3-17H,18H2,1-2H3/b23-17-. The van der Waals surface area contributed by atoms with Gasteiger partial charge in [0.2, 0.25) is 0 Å². The van der Waals surface area contributed by atoms with Gasteiger partial charge in [0.15, 0.2) is 11.0 Å². The van der Waals surface area contributed by atoms with Crippen molar-refractivity contribution < 1.29 is 9.59 Å². The molecule has 0 N–H and O–H groups in total. The molecule has 5 nitrogen and oxygen atoms in total. The number of hydrogen-bond donors (Lipinski definition) is 0. The van der Waals surface area contributed by atoms with Crippen molar-refractivity contribution in [2.24, 2.45) is 4.99 Å². The quantitative estimate of drug-likeness (QED) is 0.396. The SMILES string of the molecule is CN(C)/C=C1\N=C(SCC(=O)c2ccc(-c3ccccc3)cc2)N(c2ccccc2)C1=O. The fraction of sp³-hybridized carbons (Fsp3) is 0.115. The molecule has 1 aliphatic heterocycles. The maximum Gasteiger partial charge on any atom is 0.284 e. The number of aliphatic imine (C=N–C) groups is 1. The van der Waals surface area contributed by atoms with E-state index in [9.17, 15) is 9.59 Å². The number of benzene rings is 3. The smallest absolute Gasteiger partial charge is 0.284 e. The minimum atomic E-state index is -0.202. The largest absolute Gasteiger partial charge is 0.382 e. The summed E-state index contributed by atoms with van der Waals surface area (Å²) in [4.78, 5) is 33.6. The molecule has 0 fully saturated rings. The molecule has 0 radical (unpaired) electrons. The molecule has 0 unspecified atom stereocenters. The minimum absolute atomic E-state index is 0.0113. The summed E-state index contributed by atoms with van der Waals surface area (Å²) in [5, 5.41) is 0.503. The molecule has 1 aliphatic rings. The molecular weight excluding hydrogens is 418 g/mol. The highest BCUT2D eigenvalue weighted by Crippen LogP contribution is 2.29. The van der Waals surface area contributed by atoms with E-state index in [2.05, 4.69) is 4.99 Å². The van der Waals surface area contributed by atoms with Crippen LogP contribution in [0.4, 0.5) is 5.69 Å². The van der Waals surface area contributed by atoms with Crippen LogP contribution in [0.1, 0.15) is 10.4 Å². The van der Waals surface area contributed by atoms with E-state index in [-0.39, 0.29) is 17.4 Å². The number of amidine groups is 1. The Kier molecular flexibility index (Phi) is 6.52. The topological polar surface area (TPSA) is 53.0 Å². The van der Waals surface area contributed by atoms with Gasteiger partial charge >= 0.3 is 0 Å². The van der Waals surface area contributed by atoms with E-state index < -0.39 is 0 Å². The van der Waals surface area contributed by atoms with E-state index >= 15 is 0 Å². The van der Waals surface area contributed by atoms with Gasteiger partial charge in [0.05, 0.1) is 11.4 Å². The van der Waals surface area contributed by atoms with Crippen LogP contribution < -0.4 is 4.90 Å². The number of ketones is 1. The molecule has 0 bridgehead atoms. The summed E-state index contributed by atoms with van der Waals surface area (Å²) in [7, 11) is 3.69. The van der Waals surface area contributed by atoms with Crippen molar-refractivity contribution in [3.63, 3.8) is 0 Å². The summed E-state index contributed by atoms with van der Waals surface area (Å²) in [6.45, 7) is 0. The highest BCUT2D eigenvalue weighted by atomic mass is 32.2. The Morgan fingerprint density at radius 2 is 1.50 bits per heavy atom. The van der Waals surface area contributed by atoms with E-state index in [1.54, 1.807) is 16.0 Å². The lowest BCUT2D eigenvalue weighted by Gasteiger charge is -2.17. The molecule has 0 spiro atoms. The van der Waals surface area contributed by atoms with Gasteiger partial charge in [-0.05, 0) is 23.3 Å². The van der Waals surface area contributed by atoms with Crippen molar-refractivity contribution in [1.82, 2.24) is 4.90 Å². The summed E-state index contributed by atoms with van der Waals surface area (Å²) in [5.41, 5.74) is 3.89. The molecule has 0 saturated carbocycles. The molecule has 160 valence electrons. The number of hydrogen-bond acceptors (Lipinski definition) is 5. The zero-order valence-corrected chi connectivity index (χ0v) is 18.8. The highest BCUT2D eigenvalue weighted by Gasteiger charge is 2.32. The van der Waals surface area contributed by atoms with Crippen LogP contribution in [-0.2, 0) is 4.79 Å². The van der Waals surface area contributed by atoms with Gasteiger partial charge in [-0.1, -0.05) is 84.6 Å². The van der Waals surface area contributed by atoms with Crippen LogP contribution in [0, 0.1) is 0 Å². The number of para-hydroxylation sites is 1. The first kappa shape index (κ1) is 21.6. The Morgan fingerprint density at radius 1 is 0.906 bits per heavy atom. The second kappa shape index (κ2) is 9.66. The van der Waals surface area contributed by atoms with Crippen molar-refractivity contribution in [2.75, 3.05) is 24.7 Å². The Hall–Kier alpha value is -3.64. The van der Waals surface area contributed by atoms with Crippen LogP contribution in [0.2, 0.25) is 0 Å². The summed E-state index contributed by atoms with van der Waals surface area (Å²) < 4.78 is 0. The molecule has 4 rings (SSSR count). The van der Waals surface area contributed by atoms with Gasteiger partial charge in [-0.2, -0.15) is 0 Å². The lowest BCUT2D eigenvalue weighted by Crippen LogP contribution is -2.31. The van der Waals surface area contributed by atoms with E-state index in [1.165, 1.54) is 11.8 Å². The van der Waals surface area contributed by atoms with Crippen molar-refractivity contribution >= 4 is 34.3 Å². The molecule has 0 aliphatic carbocycles. The molecule has 0 aromatic heterocycles. The average molecular weight is 442 g/mol. The highest BCUT2D eigenvalue weighted by molar-refractivity contribution is 8.14. The number of thioether (sulfide) groups is 1. The third-order valence-corrected chi connectivity index (χ3v) is 5.81. The zero-order valence-electron chi connectivity index (χ0n) is 17.9. The molecule has 3 aromatic carbocycles. The number of nitrogens with zero attached hydrogens (tertiary/aromatic N) is 3. The second-order valence-electron chi connectivity index (χ2n) is 7.50. The first-order valence-corrected chi connectivity index (χ1v) is 11.2. The number of rotatable bonds is 6. The fourth-order valence-corrected chi connectivity index (χ4v) is 4.23. The van der Waals surface area contributed by atoms with Crippen LogP contribution in [-0.4, -0.2) is 41.6 Å². The Bertz CT molecular complexity index is 1170. The monoisotopic (exact) mass is 441 g/mol. The molecule has 0 atom stereocenters. The average Bonchev–Trinajstić information content (AvgIpc) is 3.13. The predicted octanol–water partition coefficient (Wildman–Crippen LogP) is 5.08. The number of Topliss-reactive ketones (excluding diaryl/α,β-unsaturated/α-hetero) is 1. The van der Waals surface area contributed by atoms with Gasteiger partial charge in [0.25, 0.3) is 5.91 Å². The summed E-state index contributed by atoms with van der Waals surface area (Å²) in [6, 6.07) is 27.0. The normalized spacial score (nSPS) is 14.6. The third-order valence-electron chi connectivity index (χ3n) is 4.87. The second-order valence-corrected chi connectivity index (χ2v) is 8.45. The van der Waals surface area contributed by atoms with Crippen molar-refractivity contribution in [3.05, 3.63) is 102 Å². The molecule has 1 heterocycles. The zero-order chi connectivity index (χ0) is 22.5. The van der Waals surface area contributed by atoms with E-state index in [1.807, 2.05) is 99.0 Å². The predicted molar refractivity (Wildman–Crippen MR) is 132 cm³/mol. The lowest BCUT2D eigenvalue weighted by molar-refractivity contribution is -0.113. The van der Waals surface area contributed by atoms with Crippen LogP contribution in [0.25, 0.3) is 11.1 Å². The number of carbonyl (C=O) groups excluding carboxylic acids is 2. The lowest BCUT2D eigenvalue weighted by atomic mass is 10.0. The first-order valence-electron chi connectivity index (χ1n) is 10.2.